The molecule has 1 unspecified atom stereocenters. The van der Waals surface area contributed by atoms with E-state index in [0.717, 1.165) is 19.4 Å². The van der Waals surface area contributed by atoms with Gasteiger partial charge in [0.25, 0.3) is 11.5 Å². The Morgan fingerprint density at radius 2 is 2.10 bits per heavy atom. The van der Waals surface area contributed by atoms with Crippen molar-refractivity contribution in [2.24, 2.45) is 12.8 Å². The van der Waals surface area contributed by atoms with Crippen LogP contribution in [-0.2, 0) is 7.05 Å². The summed E-state index contributed by atoms with van der Waals surface area (Å²) < 4.78 is 1.43. The molecule has 0 bridgehead atoms. The van der Waals surface area contributed by atoms with Gasteiger partial charge in [0.2, 0.25) is 0 Å². The monoisotopic (exact) mass is 414 g/mol. The Hall–Kier alpha value is -3.63. The van der Waals surface area contributed by atoms with E-state index >= 15 is 0 Å². The first-order chi connectivity index (χ1) is 14.2. The summed E-state index contributed by atoms with van der Waals surface area (Å²) in [7, 11) is 5.03. The van der Waals surface area contributed by atoms with E-state index in [1.807, 2.05) is 4.90 Å². The predicted molar refractivity (Wildman–Crippen MR) is 113 cm³/mol. The van der Waals surface area contributed by atoms with E-state index in [-0.39, 0.29) is 29.1 Å². The highest BCUT2D eigenvalue weighted by molar-refractivity contribution is 5.96. The Kier molecular flexibility index (Phi) is 6.19. The smallest absolute Gasteiger partial charge is 0.317 e. The molecule has 0 saturated carbocycles. The molecule has 11 heteroatoms. The molecule has 1 saturated heterocycles. The standard InChI is InChI=1S/C19H26N8O3/c1-25(2)19(30)23-13-5-4-7-27(11-13)14-10-21-16(17(20)29)18(24-14)22-12-6-8-26(3)15(28)9-12/h6,8-10,13H,4-5,7,11H2,1-3H3,(H2,20,29)(H,22,24)(H,23,30). The lowest BCUT2D eigenvalue weighted by Gasteiger charge is -2.34. The average Bonchev–Trinajstić information content (AvgIpc) is 2.70. The number of carbonyl (C=O) groups excluding carboxylic acids is 2. The molecular formula is C19H26N8O3. The molecule has 1 atom stereocenters. The Balaban J connectivity index is 1.84. The molecule has 1 aliphatic rings. The zero-order chi connectivity index (χ0) is 21.8. The maximum absolute atomic E-state index is 12.0. The van der Waals surface area contributed by atoms with Crippen molar-refractivity contribution in [2.75, 3.05) is 37.4 Å². The predicted octanol–water partition coefficient (Wildman–Crippen LogP) is 0.258. The molecule has 0 spiro atoms. The third kappa shape index (κ3) is 4.85. The molecule has 30 heavy (non-hydrogen) atoms. The van der Waals surface area contributed by atoms with Crippen LogP contribution < -0.4 is 26.8 Å². The minimum atomic E-state index is -0.727. The second kappa shape index (κ2) is 8.80. The molecule has 1 aliphatic heterocycles. The van der Waals surface area contributed by atoms with Crippen molar-refractivity contribution in [3.05, 3.63) is 40.6 Å². The van der Waals surface area contributed by atoms with Crippen molar-refractivity contribution >= 4 is 29.3 Å². The molecule has 160 valence electrons. The number of hydrogen-bond donors (Lipinski definition) is 3. The molecule has 3 heterocycles. The fourth-order valence-corrected chi connectivity index (χ4v) is 3.17. The van der Waals surface area contributed by atoms with E-state index in [2.05, 4.69) is 20.6 Å². The first-order valence-electron chi connectivity index (χ1n) is 9.58. The number of nitrogens with two attached hydrogens (primary N) is 1. The summed E-state index contributed by atoms with van der Waals surface area (Å²) in [5, 5.41) is 5.95. The number of hydrogen-bond acceptors (Lipinski definition) is 7. The minimum absolute atomic E-state index is 0.0195. The van der Waals surface area contributed by atoms with Gasteiger partial charge in [-0.3, -0.25) is 9.59 Å². The summed E-state index contributed by atoms with van der Waals surface area (Å²) in [6.45, 7) is 1.31. The fraction of sp³-hybridized carbons (Fsp3) is 0.421. The molecule has 2 aromatic rings. The first-order valence-corrected chi connectivity index (χ1v) is 9.58. The van der Waals surface area contributed by atoms with Crippen molar-refractivity contribution < 1.29 is 9.59 Å². The second-order valence-corrected chi connectivity index (χ2v) is 7.41. The van der Waals surface area contributed by atoms with E-state index < -0.39 is 5.91 Å². The quantitative estimate of drug-likeness (QED) is 0.638. The topological polar surface area (TPSA) is 138 Å². The van der Waals surface area contributed by atoms with Crippen molar-refractivity contribution in [1.82, 2.24) is 24.8 Å². The molecule has 3 amide bonds. The number of carbonyl (C=O) groups is 2. The number of piperidine rings is 1. The van der Waals surface area contributed by atoms with Gasteiger partial charge in [-0.1, -0.05) is 0 Å². The van der Waals surface area contributed by atoms with Gasteiger partial charge < -0.3 is 30.7 Å². The lowest BCUT2D eigenvalue weighted by molar-refractivity contribution is 0.0996. The van der Waals surface area contributed by atoms with Crippen molar-refractivity contribution in [2.45, 2.75) is 18.9 Å². The fourth-order valence-electron chi connectivity index (χ4n) is 3.17. The van der Waals surface area contributed by atoms with Gasteiger partial charge in [0, 0.05) is 58.2 Å². The lowest BCUT2D eigenvalue weighted by atomic mass is 10.1. The highest BCUT2D eigenvalue weighted by Gasteiger charge is 2.24. The molecule has 0 radical (unpaired) electrons. The van der Waals surface area contributed by atoms with Gasteiger partial charge >= 0.3 is 6.03 Å². The van der Waals surface area contributed by atoms with Crippen LogP contribution in [0.5, 0.6) is 0 Å². The Morgan fingerprint density at radius 3 is 2.77 bits per heavy atom. The van der Waals surface area contributed by atoms with Crippen LogP contribution >= 0.6 is 0 Å². The van der Waals surface area contributed by atoms with Crippen LogP contribution in [0.25, 0.3) is 0 Å². The lowest BCUT2D eigenvalue weighted by Crippen LogP contribution is -2.50. The van der Waals surface area contributed by atoms with Crippen LogP contribution in [0.1, 0.15) is 23.3 Å². The van der Waals surface area contributed by atoms with Gasteiger partial charge in [0.05, 0.1) is 6.20 Å². The van der Waals surface area contributed by atoms with E-state index in [4.69, 9.17) is 5.73 Å². The van der Waals surface area contributed by atoms with Crippen molar-refractivity contribution in [3.8, 4) is 0 Å². The van der Waals surface area contributed by atoms with Gasteiger partial charge in [-0.15, -0.1) is 0 Å². The van der Waals surface area contributed by atoms with E-state index in [1.165, 1.54) is 21.7 Å². The van der Waals surface area contributed by atoms with Crippen LogP contribution in [0.3, 0.4) is 0 Å². The number of urea groups is 1. The highest BCUT2D eigenvalue weighted by Crippen LogP contribution is 2.23. The van der Waals surface area contributed by atoms with Gasteiger partial charge in [-0.2, -0.15) is 0 Å². The highest BCUT2D eigenvalue weighted by atomic mass is 16.2. The number of anilines is 3. The van der Waals surface area contributed by atoms with Crippen molar-refractivity contribution in [1.29, 1.82) is 0 Å². The maximum Gasteiger partial charge on any atom is 0.317 e. The van der Waals surface area contributed by atoms with Gasteiger partial charge in [-0.05, 0) is 18.9 Å². The third-order valence-corrected chi connectivity index (χ3v) is 4.84. The average molecular weight is 414 g/mol. The maximum atomic E-state index is 12.0. The van der Waals surface area contributed by atoms with Crippen molar-refractivity contribution in [3.63, 3.8) is 0 Å². The van der Waals surface area contributed by atoms with Gasteiger partial charge in [0.1, 0.15) is 5.82 Å². The summed E-state index contributed by atoms with van der Waals surface area (Å²) in [5.41, 5.74) is 5.69. The molecule has 0 aliphatic carbocycles. The van der Waals surface area contributed by atoms with E-state index in [0.29, 0.717) is 18.1 Å². The molecule has 0 aromatic carbocycles. The molecule has 2 aromatic heterocycles. The number of nitrogens with one attached hydrogen (secondary N) is 2. The molecule has 1 fully saturated rings. The van der Waals surface area contributed by atoms with Crippen LogP contribution in [0.15, 0.2) is 29.3 Å². The van der Waals surface area contributed by atoms with Gasteiger partial charge in [-0.25, -0.2) is 14.8 Å². The largest absolute Gasteiger partial charge is 0.364 e. The van der Waals surface area contributed by atoms with E-state index in [9.17, 15) is 14.4 Å². The van der Waals surface area contributed by atoms with Gasteiger partial charge in [0.15, 0.2) is 11.5 Å². The normalized spacial score (nSPS) is 16.1. The number of primary amides is 1. The summed E-state index contributed by atoms with van der Waals surface area (Å²) >= 11 is 0. The molecule has 3 rings (SSSR count). The Bertz CT molecular complexity index is 1000. The molecular weight excluding hydrogens is 388 g/mol. The second-order valence-electron chi connectivity index (χ2n) is 7.41. The number of aryl methyl sites for hydroxylation is 1. The molecule has 4 N–H and O–H groups in total. The number of amides is 3. The Labute approximate surface area is 173 Å². The van der Waals surface area contributed by atoms with Crippen LogP contribution in [-0.4, -0.2) is 64.6 Å². The summed E-state index contributed by atoms with van der Waals surface area (Å²) in [6, 6.07) is 2.91. The third-order valence-electron chi connectivity index (χ3n) is 4.84. The molecule has 11 nitrogen and oxygen atoms in total. The zero-order valence-electron chi connectivity index (χ0n) is 17.3. The van der Waals surface area contributed by atoms with Crippen LogP contribution in [0.4, 0.5) is 22.1 Å². The minimum Gasteiger partial charge on any atom is -0.364 e. The summed E-state index contributed by atoms with van der Waals surface area (Å²) in [4.78, 5) is 47.9. The van der Waals surface area contributed by atoms with Crippen LogP contribution in [0.2, 0.25) is 0 Å². The van der Waals surface area contributed by atoms with Crippen LogP contribution in [0, 0.1) is 0 Å². The summed E-state index contributed by atoms with van der Waals surface area (Å²) in [6.07, 6.45) is 4.83. The Morgan fingerprint density at radius 1 is 1.33 bits per heavy atom. The number of nitrogens with zero attached hydrogens (tertiary/aromatic N) is 5. The SMILES string of the molecule is CN(C)C(=O)NC1CCCN(c2cnc(C(N)=O)c(Nc3ccn(C)c(=O)c3)n2)C1. The van der Waals surface area contributed by atoms with E-state index in [1.54, 1.807) is 33.4 Å². The first kappa shape index (κ1) is 21.1. The number of aromatic nitrogens is 3. The number of pyridine rings is 1. The number of rotatable bonds is 5. The zero-order valence-corrected chi connectivity index (χ0v) is 17.3. The summed E-state index contributed by atoms with van der Waals surface area (Å²) in [5.74, 6) is -0.00186.